The number of ether oxygens (including phenoxy) is 1. The molecule has 0 radical (unpaired) electrons. The van der Waals surface area contributed by atoms with E-state index in [4.69, 9.17) is 4.74 Å². The van der Waals surface area contributed by atoms with E-state index in [1.807, 2.05) is 19.9 Å². The zero-order valence-corrected chi connectivity index (χ0v) is 12.0. The third-order valence-electron chi connectivity index (χ3n) is 3.51. The van der Waals surface area contributed by atoms with E-state index in [2.05, 4.69) is 19.1 Å². The molecule has 0 heterocycles. The van der Waals surface area contributed by atoms with Gasteiger partial charge in [-0.25, -0.2) is 0 Å². The van der Waals surface area contributed by atoms with Gasteiger partial charge in [0.15, 0.2) is 0 Å². The maximum atomic E-state index is 11.8. The molecule has 0 aromatic carbocycles. The van der Waals surface area contributed by atoms with Crippen molar-refractivity contribution in [3.05, 3.63) is 23.8 Å². The van der Waals surface area contributed by atoms with E-state index in [1.165, 1.54) is 31.3 Å². The van der Waals surface area contributed by atoms with Crippen LogP contribution < -0.4 is 0 Å². The van der Waals surface area contributed by atoms with Gasteiger partial charge in [-0.05, 0) is 33.1 Å². The summed E-state index contributed by atoms with van der Waals surface area (Å²) in [6.45, 7) is 6.48. The van der Waals surface area contributed by atoms with Crippen molar-refractivity contribution in [3.8, 4) is 0 Å². The molecule has 0 aromatic heterocycles. The molecule has 18 heavy (non-hydrogen) atoms. The van der Waals surface area contributed by atoms with Gasteiger partial charge in [0.2, 0.25) is 0 Å². The topological polar surface area (TPSA) is 26.3 Å². The molecule has 0 aliphatic heterocycles. The first kappa shape index (κ1) is 15.0. The van der Waals surface area contributed by atoms with Crippen molar-refractivity contribution in [1.29, 1.82) is 0 Å². The minimum Gasteiger partial charge on any atom is -0.465 e. The van der Waals surface area contributed by atoms with Crippen LogP contribution in [0.2, 0.25) is 0 Å². The SMILES string of the molecule is CCCCCCC1=CCC(C)(C(=O)OCC)C=C1. The van der Waals surface area contributed by atoms with Gasteiger partial charge < -0.3 is 4.74 Å². The minimum atomic E-state index is -0.455. The Bertz CT molecular complexity index is 328. The molecule has 2 heteroatoms. The van der Waals surface area contributed by atoms with E-state index in [1.54, 1.807) is 0 Å². The molecule has 0 saturated heterocycles. The second kappa shape index (κ2) is 7.40. The highest BCUT2D eigenvalue weighted by molar-refractivity contribution is 5.79. The van der Waals surface area contributed by atoms with Gasteiger partial charge >= 0.3 is 5.97 Å². The molecule has 0 N–H and O–H groups in total. The van der Waals surface area contributed by atoms with Crippen molar-refractivity contribution in [3.63, 3.8) is 0 Å². The van der Waals surface area contributed by atoms with Crippen LogP contribution in [0.25, 0.3) is 0 Å². The van der Waals surface area contributed by atoms with Gasteiger partial charge in [-0.15, -0.1) is 0 Å². The summed E-state index contributed by atoms with van der Waals surface area (Å²) in [5.41, 5.74) is 0.913. The quantitative estimate of drug-likeness (QED) is 0.494. The summed E-state index contributed by atoms with van der Waals surface area (Å²) in [6, 6.07) is 0. The minimum absolute atomic E-state index is 0.109. The van der Waals surface area contributed by atoms with Crippen molar-refractivity contribution in [2.75, 3.05) is 6.61 Å². The summed E-state index contributed by atoms with van der Waals surface area (Å²) in [6.07, 6.45) is 13.4. The molecule has 1 aliphatic carbocycles. The van der Waals surface area contributed by atoms with Crippen LogP contribution in [-0.2, 0) is 9.53 Å². The van der Waals surface area contributed by atoms with E-state index >= 15 is 0 Å². The lowest BCUT2D eigenvalue weighted by atomic mass is 9.81. The second-order valence-corrected chi connectivity index (χ2v) is 5.27. The standard InChI is InChI=1S/C16H26O2/c1-4-6-7-8-9-14-10-12-16(3,13-11-14)15(17)18-5-2/h10-12H,4-9,13H2,1-3H3. The Morgan fingerprint density at radius 2 is 2.11 bits per heavy atom. The van der Waals surface area contributed by atoms with Crippen LogP contribution in [0, 0.1) is 5.41 Å². The largest absolute Gasteiger partial charge is 0.465 e. The van der Waals surface area contributed by atoms with Crippen LogP contribution in [0.5, 0.6) is 0 Å². The van der Waals surface area contributed by atoms with Gasteiger partial charge in [0, 0.05) is 0 Å². The summed E-state index contributed by atoms with van der Waals surface area (Å²) < 4.78 is 5.11. The number of allylic oxidation sites excluding steroid dienone is 3. The lowest BCUT2D eigenvalue weighted by molar-refractivity contribution is -0.151. The highest BCUT2D eigenvalue weighted by atomic mass is 16.5. The summed E-state index contributed by atoms with van der Waals surface area (Å²) >= 11 is 0. The van der Waals surface area contributed by atoms with Crippen LogP contribution in [0.3, 0.4) is 0 Å². The monoisotopic (exact) mass is 250 g/mol. The van der Waals surface area contributed by atoms with E-state index in [0.29, 0.717) is 6.61 Å². The fourth-order valence-corrected chi connectivity index (χ4v) is 2.16. The third-order valence-corrected chi connectivity index (χ3v) is 3.51. The Labute approximate surface area is 111 Å². The average molecular weight is 250 g/mol. The molecule has 0 bridgehead atoms. The van der Waals surface area contributed by atoms with E-state index in [9.17, 15) is 4.79 Å². The number of hydrogen-bond acceptors (Lipinski definition) is 2. The third kappa shape index (κ3) is 4.32. The fourth-order valence-electron chi connectivity index (χ4n) is 2.16. The molecule has 1 unspecified atom stereocenters. The van der Waals surface area contributed by atoms with Gasteiger partial charge in [-0.3, -0.25) is 4.79 Å². The Kier molecular flexibility index (Phi) is 6.17. The van der Waals surface area contributed by atoms with Gasteiger partial charge in [0.25, 0.3) is 0 Å². The van der Waals surface area contributed by atoms with Gasteiger partial charge in [0.05, 0.1) is 12.0 Å². The molecule has 0 fully saturated rings. The van der Waals surface area contributed by atoms with Crippen LogP contribution in [0.4, 0.5) is 0 Å². The maximum absolute atomic E-state index is 11.8. The maximum Gasteiger partial charge on any atom is 0.315 e. The van der Waals surface area contributed by atoms with E-state index < -0.39 is 5.41 Å². The molecule has 1 atom stereocenters. The fraction of sp³-hybridized carbons (Fsp3) is 0.688. The second-order valence-electron chi connectivity index (χ2n) is 5.27. The van der Waals surface area contributed by atoms with Gasteiger partial charge in [-0.2, -0.15) is 0 Å². The van der Waals surface area contributed by atoms with Gasteiger partial charge in [0.1, 0.15) is 0 Å². The average Bonchev–Trinajstić information content (AvgIpc) is 2.37. The van der Waals surface area contributed by atoms with Crippen molar-refractivity contribution in [2.24, 2.45) is 5.41 Å². The zero-order valence-electron chi connectivity index (χ0n) is 12.0. The van der Waals surface area contributed by atoms with Crippen LogP contribution >= 0.6 is 0 Å². The first-order valence-electron chi connectivity index (χ1n) is 7.18. The first-order valence-corrected chi connectivity index (χ1v) is 7.18. The summed E-state index contributed by atoms with van der Waals surface area (Å²) in [5, 5.41) is 0. The molecule has 102 valence electrons. The predicted octanol–water partition coefficient (Wildman–Crippen LogP) is 4.41. The molecule has 0 amide bonds. The summed E-state index contributed by atoms with van der Waals surface area (Å²) in [5.74, 6) is -0.109. The smallest absolute Gasteiger partial charge is 0.315 e. The van der Waals surface area contributed by atoms with Crippen LogP contribution in [-0.4, -0.2) is 12.6 Å². The Hall–Kier alpha value is -1.05. The number of rotatable bonds is 7. The molecule has 0 spiro atoms. The number of esters is 1. The molecule has 1 aliphatic rings. The van der Waals surface area contributed by atoms with E-state index in [0.717, 1.165) is 12.8 Å². The van der Waals surface area contributed by atoms with Crippen molar-refractivity contribution in [2.45, 2.75) is 59.3 Å². The van der Waals surface area contributed by atoms with Gasteiger partial charge in [-0.1, -0.05) is 50.0 Å². The summed E-state index contributed by atoms with van der Waals surface area (Å²) in [4.78, 5) is 11.8. The molecule has 0 saturated carbocycles. The molecule has 1 rings (SSSR count). The Balaban J connectivity index is 2.41. The van der Waals surface area contributed by atoms with Crippen LogP contribution in [0.1, 0.15) is 59.3 Å². The Morgan fingerprint density at radius 3 is 2.67 bits per heavy atom. The lowest BCUT2D eigenvalue weighted by Gasteiger charge is -2.25. The first-order chi connectivity index (χ1) is 8.62. The van der Waals surface area contributed by atoms with Crippen molar-refractivity contribution < 1.29 is 9.53 Å². The highest BCUT2D eigenvalue weighted by Crippen LogP contribution is 2.32. The summed E-state index contributed by atoms with van der Waals surface area (Å²) in [7, 11) is 0. The van der Waals surface area contributed by atoms with E-state index in [-0.39, 0.29) is 5.97 Å². The molecular weight excluding hydrogens is 224 g/mol. The zero-order chi connectivity index (χ0) is 13.4. The number of unbranched alkanes of at least 4 members (excludes halogenated alkanes) is 3. The Morgan fingerprint density at radius 1 is 1.33 bits per heavy atom. The molecule has 0 aromatic rings. The number of carbonyl (C=O) groups excluding carboxylic acids is 1. The molecule has 2 nitrogen and oxygen atoms in total. The molecular formula is C16H26O2. The number of hydrogen-bond donors (Lipinski definition) is 0. The normalized spacial score (nSPS) is 22.7. The lowest BCUT2D eigenvalue weighted by Crippen LogP contribution is -2.28. The van der Waals surface area contributed by atoms with Crippen molar-refractivity contribution in [1.82, 2.24) is 0 Å². The van der Waals surface area contributed by atoms with Crippen molar-refractivity contribution >= 4 is 5.97 Å². The highest BCUT2D eigenvalue weighted by Gasteiger charge is 2.32. The number of carbonyl (C=O) groups is 1. The predicted molar refractivity (Wildman–Crippen MR) is 75.3 cm³/mol. The van der Waals surface area contributed by atoms with Crippen LogP contribution in [0.15, 0.2) is 23.8 Å².